The van der Waals surface area contributed by atoms with Crippen molar-refractivity contribution in [1.29, 1.82) is 0 Å². The van der Waals surface area contributed by atoms with Crippen molar-refractivity contribution in [2.45, 2.75) is 13.3 Å². The summed E-state index contributed by atoms with van der Waals surface area (Å²) in [6.07, 6.45) is 4.75. The summed E-state index contributed by atoms with van der Waals surface area (Å²) in [6.45, 7) is 2.25. The highest BCUT2D eigenvalue weighted by Crippen LogP contribution is 1.98. The molecule has 52 valence electrons. The Hall–Kier alpha value is 0.170. The molecule has 0 unspecified atom stereocenters. The standard InChI is InChI=1S/C7H11IO/c1-7(4-6-9)3-2-5-8/h2-3,5,9H,4,6H2,1H3/b5-2-,7-3+. The van der Waals surface area contributed by atoms with Gasteiger partial charge >= 0.3 is 0 Å². The lowest BCUT2D eigenvalue weighted by Crippen LogP contribution is -1.81. The van der Waals surface area contributed by atoms with Crippen LogP contribution in [-0.2, 0) is 0 Å². The van der Waals surface area contributed by atoms with Crippen LogP contribution in [-0.4, -0.2) is 11.7 Å². The molecular formula is C7H11IO. The van der Waals surface area contributed by atoms with Gasteiger partial charge in [0.2, 0.25) is 0 Å². The first-order valence-electron chi connectivity index (χ1n) is 2.84. The zero-order chi connectivity index (χ0) is 7.11. The van der Waals surface area contributed by atoms with E-state index in [0.29, 0.717) is 0 Å². The van der Waals surface area contributed by atoms with Gasteiger partial charge in [0.25, 0.3) is 0 Å². The van der Waals surface area contributed by atoms with Crippen molar-refractivity contribution in [3.63, 3.8) is 0 Å². The molecule has 0 rings (SSSR count). The molecule has 0 saturated heterocycles. The molecule has 0 amide bonds. The van der Waals surface area contributed by atoms with Crippen LogP contribution in [0.4, 0.5) is 0 Å². The summed E-state index contributed by atoms with van der Waals surface area (Å²) in [4.78, 5) is 0. The molecule has 1 N–H and O–H groups in total. The highest BCUT2D eigenvalue weighted by molar-refractivity contribution is 14.1. The monoisotopic (exact) mass is 238 g/mol. The van der Waals surface area contributed by atoms with Gasteiger partial charge in [-0.25, -0.2) is 0 Å². The van der Waals surface area contributed by atoms with Gasteiger partial charge in [-0.15, -0.1) is 0 Å². The van der Waals surface area contributed by atoms with Crippen LogP contribution in [0, 0.1) is 0 Å². The predicted octanol–water partition coefficient (Wildman–Crippen LogP) is 2.26. The van der Waals surface area contributed by atoms with E-state index in [2.05, 4.69) is 22.6 Å². The Morgan fingerprint density at radius 1 is 1.67 bits per heavy atom. The highest BCUT2D eigenvalue weighted by atomic mass is 127. The van der Waals surface area contributed by atoms with E-state index < -0.39 is 0 Å². The van der Waals surface area contributed by atoms with Gasteiger partial charge in [0.15, 0.2) is 0 Å². The summed E-state index contributed by atoms with van der Waals surface area (Å²) in [5.41, 5.74) is 1.21. The Labute approximate surface area is 69.6 Å². The molecule has 0 heterocycles. The molecule has 0 fully saturated rings. The first kappa shape index (κ1) is 9.17. The van der Waals surface area contributed by atoms with Crippen molar-refractivity contribution in [3.05, 3.63) is 21.8 Å². The molecule has 0 aromatic carbocycles. The molecule has 0 aromatic heterocycles. The topological polar surface area (TPSA) is 20.2 Å². The van der Waals surface area contributed by atoms with Crippen LogP contribution in [0.25, 0.3) is 0 Å². The van der Waals surface area contributed by atoms with Crippen LogP contribution < -0.4 is 0 Å². The van der Waals surface area contributed by atoms with Gasteiger partial charge in [0, 0.05) is 6.61 Å². The predicted molar refractivity (Wildman–Crippen MR) is 48.6 cm³/mol. The third-order valence-corrected chi connectivity index (χ3v) is 1.37. The molecule has 0 spiro atoms. The minimum Gasteiger partial charge on any atom is -0.396 e. The van der Waals surface area contributed by atoms with Crippen molar-refractivity contribution in [2.24, 2.45) is 0 Å². The fourth-order valence-electron chi connectivity index (χ4n) is 0.460. The van der Waals surface area contributed by atoms with E-state index in [1.807, 2.05) is 23.2 Å². The van der Waals surface area contributed by atoms with Crippen LogP contribution in [0.15, 0.2) is 21.8 Å². The molecule has 0 aliphatic heterocycles. The van der Waals surface area contributed by atoms with Crippen LogP contribution in [0.5, 0.6) is 0 Å². The quantitative estimate of drug-likeness (QED) is 0.590. The largest absolute Gasteiger partial charge is 0.396 e. The van der Waals surface area contributed by atoms with E-state index in [1.165, 1.54) is 5.57 Å². The summed E-state index contributed by atoms with van der Waals surface area (Å²) in [7, 11) is 0. The second-order valence-corrected chi connectivity index (χ2v) is 2.52. The average molecular weight is 238 g/mol. The summed E-state index contributed by atoms with van der Waals surface area (Å²) in [5.74, 6) is 0. The number of hydrogen-bond donors (Lipinski definition) is 1. The van der Waals surface area contributed by atoms with Gasteiger partial charge in [0.1, 0.15) is 0 Å². The Kier molecular flexibility index (Phi) is 6.41. The van der Waals surface area contributed by atoms with Crippen molar-refractivity contribution >= 4 is 22.6 Å². The Bertz CT molecular complexity index is 116. The third kappa shape index (κ3) is 6.05. The van der Waals surface area contributed by atoms with Crippen LogP contribution >= 0.6 is 22.6 Å². The van der Waals surface area contributed by atoms with Crippen molar-refractivity contribution < 1.29 is 5.11 Å². The fourth-order valence-corrected chi connectivity index (χ4v) is 0.668. The maximum absolute atomic E-state index is 8.47. The van der Waals surface area contributed by atoms with Crippen LogP contribution in [0.3, 0.4) is 0 Å². The maximum Gasteiger partial charge on any atom is 0.0468 e. The molecule has 2 heteroatoms. The molecule has 0 saturated carbocycles. The number of aliphatic hydroxyl groups excluding tert-OH is 1. The molecule has 0 aliphatic carbocycles. The van der Waals surface area contributed by atoms with E-state index in [9.17, 15) is 0 Å². The van der Waals surface area contributed by atoms with Crippen molar-refractivity contribution in [1.82, 2.24) is 0 Å². The first-order chi connectivity index (χ1) is 4.31. The maximum atomic E-state index is 8.47. The van der Waals surface area contributed by atoms with Crippen LogP contribution in [0.2, 0.25) is 0 Å². The molecule has 0 aliphatic rings. The summed E-state index contributed by atoms with van der Waals surface area (Å²) in [5, 5.41) is 8.47. The van der Waals surface area contributed by atoms with Crippen LogP contribution in [0.1, 0.15) is 13.3 Å². The van der Waals surface area contributed by atoms with E-state index in [-0.39, 0.29) is 6.61 Å². The molecule has 0 aromatic rings. The number of halogens is 1. The summed E-state index contributed by atoms with van der Waals surface area (Å²) in [6, 6.07) is 0. The SMILES string of the molecule is C/C(=C\C=C/I)CCO. The minimum atomic E-state index is 0.247. The zero-order valence-corrected chi connectivity index (χ0v) is 7.63. The van der Waals surface area contributed by atoms with Gasteiger partial charge in [-0.3, -0.25) is 0 Å². The average Bonchev–Trinajstić information content (AvgIpc) is 1.85. The summed E-state index contributed by atoms with van der Waals surface area (Å²) < 4.78 is 1.94. The number of aliphatic hydroxyl groups is 1. The van der Waals surface area contributed by atoms with Gasteiger partial charge in [-0.2, -0.15) is 0 Å². The minimum absolute atomic E-state index is 0.247. The number of allylic oxidation sites excluding steroid dienone is 2. The van der Waals surface area contributed by atoms with Gasteiger partial charge < -0.3 is 5.11 Å². The second-order valence-electron chi connectivity index (χ2n) is 1.81. The molecule has 0 atom stereocenters. The number of rotatable bonds is 3. The first-order valence-corrected chi connectivity index (χ1v) is 4.09. The smallest absolute Gasteiger partial charge is 0.0468 e. The Balaban J connectivity index is 3.55. The lowest BCUT2D eigenvalue weighted by atomic mass is 10.2. The molecule has 0 radical (unpaired) electrons. The van der Waals surface area contributed by atoms with Gasteiger partial charge in [0.05, 0.1) is 0 Å². The molecule has 0 bridgehead atoms. The highest BCUT2D eigenvalue weighted by Gasteiger charge is 1.82. The Morgan fingerprint density at radius 3 is 2.78 bits per heavy atom. The zero-order valence-electron chi connectivity index (χ0n) is 5.47. The van der Waals surface area contributed by atoms with Crippen molar-refractivity contribution in [3.8, 4) is 0 Å². The van der Waals surface area contributed by atoms with E-state index >= 15 is 0 Å². The molecule has 1 nitrogen and oxygen atoms in total. The van der Waals surface area contributed by atoms with E-state index in [1.54, 1.807) is 0 Å². The van der Waals surface area contributed by atoms with Gasteiger partial charge in [-0.05, 0) is 17.4 Å². The second kappa shape index (κ2) is 6.29. The third-order valence-electron chi connectivity index (χ3n) is 0.960. The lowest BCUT2D eigenvalue weighted by Gasteiger charge is -1.91. The van der Waals surface area contributed by atoms with E-state index in [0.717, 1.165) is 6.42 Å². The lowest BCUT2D eigenvalue weighted by molar-refractivity contribution is 0.299. The fraction of sp³-hybridized carbons (Fsp3) is 0.429. The normalized spacial score (nSPS) is 13.0. The molecule has 9 heavy (non-hydrogen) atoms. The Morgan fingerprint density at radius 2 is 2.33 bits per heavy atom. The summed E-state index contributed by atoms with van der Waals surface area (Å²) >= 11 is 2.16. The molecular weight excluding hydrogens is 227 g/mol. The van der Waals surface area contributed by atoms with E-state index in [4.69, 9.17) is 5.11 Å². The van der Waals surface area contributed by atoms with Gasteiger partial charge in [-0.1, -0.05) is 40.3 Å². The van der Waals surface area contributed by atoms with Crippen molar-refractivity contribution in [2.75, 3.05) is 6.61 Å². The number of hydrogen-bond acceptors (Lipinski definition) is 1.